The lowest BCUT2D eigenvalue weighted by molar-refractivity contribution is -0.131. The van der Waals surface area contributed by atoms with Crippen molar-refractivity contribution >= 4 is 157 Å². The van der Waals surface area contributed by atoms with E-state index in [0.29, 0.717) is 12.8 Å². The van der Waals surface area contributed by atoms with Crippen molar-refractivity contribution in [2.45, 2.75) is 47.4 Å². The van der Waals surface area contributed by atoms with Gasteiger partial charge in [0.25, 0.3) is 0 Å². The summed E-state index contributed by atoms with van der Waals surface area (Å²) in [6.07, 6.45) is 1.43. The molecule has 68 heavy (non-hydrogen) atoms. The summed E-state index contributed by atoms with van der Waals surface area (Å²) in [5.74, 6) is -0.0618. The zero-order valence-corrected chi connectivity index (χ0v) is 41.3. The third-order valence-electron chi connectivity index (χ3n) is 12.5. The number of benzene rings is 10. The Balaban J connectivity index is 0.000000147. The van der Waals surface area contributed by atoms with Gasteiger partial charge in [0.2, 0.25) is 11.8 Å². The van der Waals surface area contributed by atoms with Gasteiger partial charge in [-0.2, -0.15) is 10.2 Å². The first-order valence-electron chi connectivity index (χ1n) is 21.9. The van der Waals surface area contributed by atoms with Crippen molar-refractivity contribution in [3.05, 3.63) is 192 Å². The topological polar surface area (TPSA) is 65.3 Å². The lowest BCUT2D eigenvalue weighted by atomic mass is 9.88. The number of rotatable bonds is 4. The van der Waals surface area contributed by atoms with Gasteiger partial charge in [-0.05, 0) is 86.9 Å². The third kappa shape index (κ3) is 9.64. The van der Waals surface area contributed by atoms with Gasteiger partial charge in [0.05, 0.1) is 23.5 Å². The molecule has 0 spiro atoms. The van der Waals surface area contributed by atoms with E-state index in [1.54, 1.807) is 23.9 Å². The molecular weight excluding hydrogens is 973 g/mol. The second-order valence-corrected chi connectivity index (χ2v) is 20.5. The number of alkyl halides is 6. The van der Waals surface area contributed by atoms with Crippen LogP contribution in [0.2, 0.25) is 0 Å². The van der Waals surface area contributed by atoms with E-state index in [9.17, 15) is 9.59 Å². The smallest absolute Gasteiger partial charge is 0.240 e. The molecule has 0 N–H and O–H groups in total. The van der Waals surface area contributed by atoms with E-state index in [0.717, 1.165) is 33.7 Å². The van der Waals surface area contributed by atoms with Gasteiger partial charge in [-0.3, -0.25) is 9.59 Å². The van der Waals surface area contributed by atoms with Crippen LogP contribution in [0.3, 0.4) is 0 Å². The number of amides is 2. The molecule has 2 aliphatic heterocycles. The highest BCUT2D eigenvalue weighted by molar-refractivity contribution is 6.63. The van der Waals surface area contributed by atoms with Crippen LogP contribution in [0, 0.1) is 0 Å². The third-order valence-corrected chi connectivity index (χ3v) is 12.5. The molecule has 6 nitrogen and oxygen atoms in total. The largest absolute Gasteiger partial charge is 0.273 e. The summed E-state index contributed by atoms with van der Waals surface area (Å²) in [6.45, 7) is 3.20. The van der Waals surface area contributed by atoms with Crippen molar-refractivity contribution in [3.63, 3.8) is 0 Å². The van der Waals surface area contributed by atoms with Gasteiger partial charge in [-0.1, -0.05) is 239 Å². The Hall–Kier alpha value is -5.70. The number of carbonyl (C=O) groups is 2. The number of hydrogen-bond acceptors (Lipinski definition) is 4. The van der Waals surface area contributed by atoms with E-state index in [2.05, 4.69) is 133 Å². The Morgan fingerprint density at radius 2 is 0.706 bits per heavy atom. The van der Waals surface area contributed by atoms with Gasteiger partial charge < -0.3 is 0 Å². The highest BCUT2D eigenvalue weighted by Gasteiger charge is 2.34. The van der Waals surface area contributed by atoms with E-state index >= 15 is 0 Å². The Morgan fingerprint density at radius 1 is 0.412 bits per heavy atom. The molecule has 0 aliphatic carbocycles. The van der Waals surface area contributed by atoms with Crippen LogP contribution in [0.1, 0.15) is 61.0 Å². The Kier molecular flexibility index (Phi) is 14.3. The van der Waals surface area contributed by atoms with E-state index in [-0.39, 0.29) is 23.9 Å². The average Bonchev–Trinajstić information content (AvgIpc) is 4.00. The Labute approximate surface area is 423 Å². The predicted molar refractivity (Wildman–Crippen MR) is 289 cm³/mol. The Bertz CT molecular complexity index is 3220. The van der Waals surface area contributed by atoms with Crippen molar-refractivity contribution in [1.82, 2.24) is 10.0 Å². The highest BCUT2D eigenvalue weighted by atomic mass is 35.6. The first kappa shape index (κ1) is 47.4. The van der Waals surface area contributed by atoms with Crippen molar-refractivity contribution in [3.8, 4) is 0 Å². The maximum absolute atomic E-state index is 12.5. The molecule has 12 heteroatoms. The molecule has 0 fully saturated rings. The lowest BCUT2D eigenvalue weighted by Gasteiger charge is -2.23. The number of carbonyl (C=O) groups excluding carboxylic acids is 2. The van der Waals surface area contributed by atoms with Gasteiger partial charge in [0, 0.05) is 26.7 Å². The summed E-state index contributed by atoms with van der Waals surface area (Å²) in [7, 11) is 0. The van der Waals surface area contributed by atoms with E-state index in [1.165, 1.54) is 64.6 Å². The minimum atomic E-state index is -0.750. The first-order valence-corrected chi connectivity index (χ1v) is 24.5. The zero-order chi connectivity index (χ0) is 47.6. The molecule has 0 radical (unpaired) electrons. The molecule has 0 saturated heterocycles. The second-order valence-electron chi connectivity index (χ2n) is 16.5. The number of halogens is 6. The summed E-state index contributed by atoms with van der Waals surface area (Å²) in [6, 6.07) is 59.3. The van der Waals surface area contributed by atoms with E-state index in [1.807, 2.05) is 36.4 Å². The standard InChI is InChI=1S/2C27H20N2O.2CHCl3/c2*1-17(30)29-25(16-24(28-29)18-6-3-2-4-7-18)22-14-12-21-11-10-19-8-5-9-20-13-15-23(22)27(21)26(19)20;2*2-1(3)4/h2*2-15,25H,16H2,1H3;2*1H/t2*25-;;/m11../s1. The fourth-order valence-electron chi connectivity index (χ4n) is 9.79. The summed E-state index contributed by atoms with van der Waals surface area (Å²) >= 11 is 28.8. The molecule has 340 valence electrons. The molecule has 0 saturated carbocycles. The molecular formula is C56H42Cl6N4O2. The summed E-state index contributed by atoms with van der Waals surface area (Å²) in [5.41, 5.74) is 6.38. The van der Waals surface area contributed by atoms with Gasteiger partial charge in [0.1, 0.15) is 0 Å². The van der Waals surface area contributed by atoms with E-state index in [4.69, 9.17) is 79.8 Å². The van der Waals surface area contributed by atoms with Crippen LogP contribution >= 0.6 is 69.6 Å². The molecule has 2 aliphatic rings. The molecule has 2 heterocycles. The van der Waals surface area contributed by atoms with Crippen molar-refractivity contribution in [1.29, 1.82) is 0 Å². The van der Waals surface area contributed by atoms with Crippen LogP contribution in [0.25, 0.3) is 64.6 Å². The van der Waals surface area contributed by atoms with Crippen LogP contribution in [0.4, 0.5) is 0 Å². The quantitative estimate of drug-likeness (QED) is 0.130. The lowest BCUT2D eigenvalue weighted by Crippen LogP contribution is -2.24. The maximum Gasteiger partial charge on any atom is 0.240 e. The summed E-state index contributed by atoms with van der Waals surface area (Å²) < 4.78 is -1.50. The molecule has 0 aromatic heterocycles. The molecule has 2 amide bonds. The van der Waals surface area contributed by atoms with Crippen molar-refractivity contribution < 1.29 is 9.59 Å². The molecule has 10 aromatic rings. The van der Waals surface area contributed by atoms with Gasteiger partial charge in [-0.15, -0.1) is 0 Å². The number of hydrazone groups is 2. The van der Waals surface area contributed by atoms with Crippen LogP contribution in [0.5, 0.6) is 0 Å². The highest BCUT2D eigenvalue weighted by Crippen LogP contribution is 2.43. The number of nitrogens with zero attached hydrogens (tertiary/aromatic N) is 4. The van der Waals surface area contributed by atoms with Gasteiger partial charge in [-0.25, -0.2) is 10.0 Å². The molecule has 2 atom stereocenters. The predicted octanol–water partition coefficient (Wildman–Crippen LogP) is 16.5. The van der Waals surface area contributed by atoms with Gasteiger partial charge >= 0.3 is 0 Å². The van der Waals surface area contributed by atoms with Crippen LogP contribution in [-0.4, -0.2) is 41.8 Å². The monoisotopic (exact) mass is 1010 g/mol. The molecule has 0 bridgehead atoms. The van der Waals surface area contributed by atoms with Crippen LogP contribution in [0.15, 0.2) is 180 Å². The Morgan fingerprint density at radius 3 is 1.03 bits per heavy atom. The van der Waals surface area contributed by atoms with Crippen molar-refractivity contribution in [2.24, 2.45) is 10.2 Å². The first-order chi connectivity index (χ1) is 32.9. The van der Waals surface area contributed by atoms with Gasteiger partial charge in [0.15, 0.2) is 8.59 Å². The van der Waals surface area contributed by atoms with Crippen LogP contribution in [-0.2, 0) is 9.59 Å². The average molecular weight is 1020 g/mol. The second kappa shape index (κ2) is 20.5. The fraction of sp³-hybridized carbons (Fsp3) is 0.143. The number of hydrogen-bond donors (Lipinski definition) is 0. The molecule has 0 unspecified atom stereocenters. The zero-order valence-electron chi connectivity index (χ0n) is 36.8. The molecule has 12 rings (SSSR count). The normalized spacial score (nSPS) is 15.7. The molecule has 10 aromatic carbocycles. The summed E-state index contributed by atoms with van der Waals surface area (Å²) in [5, 5.41) is 27.8. The SMILES string of the molecule is CC(=O)N1N=C(c2ccccc2)C[C@@H]1c1ccc2ccc3cccc4ccc1c2c34.CC(=O)N1N=C(c2ccccc2)C[C@@H]1c1ccc2ccc3cccc4ccc1c2c34.ClC(Cl)Cl.ClC(Cl)Cl. The fourth-order valence-corrected chi connectivity index (χ4v) is 9.79. The van der Waals surface area contributed by atoms with Crippen LogP contribution < -0.4 is 0 Å². The van der Waals surface area contributed by atoms with Crippen molar-refractivity contribution in [2.75, 3.05) is 0 Å². The maximum atomic E-state index is 12.5. The minimum Gasteiger partial charge on any atom is -0.273 e. The minimum absolute atomic E-state index is 0.0309. The van der Waals surface area contributed by atoms with E-state index < -0.39 is 8.59 Å². The summed E-state index contributed by atoms with van der Waals surface area (Å²) in [4.78, 5) is 25.0.